The molecule has 0 saturated carbocycles. The minimum atomic E-state index is 0.653. The van der Waals surface area contributed by atoms with E-state index in [0.717, 1.165) is 21.5 Å². The fraction of sp³-hybridized carbons (Fsp3) is 0.182. The van der Waals surface area contributed by atoms with Gasteiger partial charge in [0.1, 0.15) is 11.5 Å². The lowest BCUT2D eigenvalue weighted by Gasteiger charge is -2.08. The highest BCUT2D eigenvalue weighted by atomic mass is 79.9. The molecule has 1 N–H and O–H groups in total. The van der Waals surface area contributed by atoms with Gasteiger partial charge in [-0.05, 0) is 13.0 Å². The molecule has 0 amide bonds. The number of hydrogen-bond acceptors (Lipinski definition) is 4. The van der Waals surface area contributed by atoms with E-state index in [0.29, 0.717) is 5.82 Å². The monoisotopic (exact) mass is 278 g/mol. The normalized spacial score (nSPS) is 10.2. The molecule has 0 aliphatic carbocycles. The first kappa shape index (κ1) is 11.0. The summed E-state index contributed by atoms with van der Waals surface area (Å²) in [6, 6.07) is 7.87. The zero-order chi connectivity index (χ0) is 11.5. The molecule has 1 aromatic heterocycles. The van der Waals surface area contributed by atoms with E-state index >= 15 is 0 Å². The van der Waals surface area contributed by atoms with Gasteiger partial charge < -0.3 is 5.32 Å². The number of nitrogens with one attached hydrogen (secondary N) is 1. The summed E-state index contributed by atoms with van der Waals surface area (Å²) < 4.78 is 0.978. The molecular weight excluding hydrogens is 268 g/mol. The van der Waals surface area contributed by atoms with Crippen LogP contribution in [0.5, 0.6) is 0 Å². The highest BCUT2D eigenvalue weighted by Crippen LogP contribution is 2.29. The molecule has 0 fully saturated rings. The third kappa shape index (κ3) is 2.04. The van der Waals surface area contributed by atoms with Gasteiger partial charge in [-0.1, -0.05) is 34.1 Å². The first-order valence-corrected chi connectivity index (χ1v) is 5.65. The van der Waals surface area contributed by atoms with E-state index in [1.54, 1.807) is 0 Å². The number of hydrogen-bond donors (Lipinski definition) is 1. The average Bonchev–Trinajstić information content (AvgIpc) is 2.30. The maximum atomic E-state index is 4.30. The van der Waals surface area contributed by atoms with Crippen molar-refractivity contribution in [1.29, 1.82) is 0 Å². The molecule has 0 saturated heterocycles. The Kier molecular flexibility index (Phi) is 3.14. The highest BCUT2D eigenvalue weighted by Gasteiger charge is 2.11. The molecular formula is C11H11BrN4. The molecule has 0 aliphatic rings. The summed E-state index contributed by atoms with van der Waals surface area (Å²) in [4.78, 5) is 4.30. The van der Waals surface area contributed by atoms with Crippen LogP contribution in [0.15, 0.2) is 28.7 Å². The Bertz CT molecular complexity index is 513. The maximum absolute atomic E-state index is 4.30. The van der Waals surface area contributed by atoms with E-state index in [-0.39, 0.29) is 0 Å². The highest BCUT2D eigenvalue weighted by molar-refractivity contribution is 9.10. The molecule has 0 atom stereocenters. The van der Waals surface area contributed by atoms with E-state index in [1.165, 1.54) is 0 Å². The lowest BCUT2D eigenvalue weighted by atomic mass is 10.1. The van der Waals surface area contributed by atoms with Gasteiger partial charge in [0.25, 0.3) is 0 Å². The summed E-state index contributed by atoms with van der Waals surface area (Å²) in [7, 11) is 1.82. The largest absolute Gasteiger partial charge is 0.371 e. The SMILES string of the molecule is CNc1nc(C)nnc1-c1ccccc1Br. The molecule has 4 nitrogen and oxygen atoms in total. The minimum absolute atomic E-state index is 0.653. The number of anilines is 1. The van der Waals surface area contributed by atoms with Crippen LogP contribution in [0.4, 0.5) is 5.82 Å². The van der Waals surface area contributed by atoms with Crippen molar-refractivity contribution >= 4 is 21.7 Å². The van der Waals surface area contributed by atoms with Crippen LogP contribution in [0.1, 0.15) is 5.82 Å². The predicted octanol–water partition coefficient (Wildman–Crippen LogP) is 2.65. The second kappa shape index (κ2) is 4.57. The molecule has 0 unspecified atom stereocenters. The van der Waals surface area contributed by atoms with E-state index in [4.69, 9.17) is 0 Å². The van der Waals surface area contributed by atoms with Crippen LogP contribution in [0.2, 0.25) is 0 Å². The number of halogens is 1. The second-order valence-electron chi connectivity index (χ2n) is 3.29. The minimum Gasteiger partial charge on any atom is -0.371 e. The van der Waals surface area contributed by atoms with Crippen LogP contribution in [-0.4, -0.2) is 22.2 Å². The fourth-order valence-corrected chi connectivity index (χ4v) is 1.89. The Balaban J connectivity index is 2.60. The van der Waals surface area contributed by atoms with Crippen LogP contribution in [0, 0.1) is 6.92 Å². The van der Waals surface area contributed by atoms with Gasteiger partial charge in [-0.2, -0.15) is 0 Å². The molecule has 0 bridgehead atoms. The lowest BCUT2D eigenvalue weighted by molar-refractivity contribution is 0.916. The van der Waals surface area contributed by atoms with Gasteiger partial charge in [-0.15, -0.1) is 10.2 Å². The summed E-state index contributed by atoms with van der Waals surface area (Å²) in [5.74, 6) is 1.39. The number of rotatable bonds is 2. The second-order valence-corrected chi connectivity index (χ2v) is 4.14. The van der Waals surface area contributed by atoms with E-state index in [2.05, 4.69) is 36.4 Å². The van der Waals surface area contributed by atoms with Crippen molar-refractivity contribution in [3.8, 4) is 11.3 Å². The summed E-state index contributed by atoms with van der Waals surface area (Å²) in [6.07, 6.45) is 0. The van der Waals surface area contributed by atoms with E-state index < -0.39 is 0 Å². The Morgan fingerprint density at radius 2 is 1.94 bits per heavy atom. The van der Waals surface area contributed by atoms with Gasteiger partial charge in [0, 0.05) is 17.1 Å². The van der Waals surface area contributed by atoms with Crippen LogP contribution >= 0.6 is 15.9 Å². The Morgan fingerprint density at radius 3 is 2.62 bits per heavy atom. The third-order valence-electron chi connectivity index (χ3n) is 2.16. The number of aryl methyl sites for hydroxylation is 1. The Hall–Kier alpha value is -1.49. The standard InChI is InChI=1S/C11H11BrN4/c1-7-14-11(13-2)10(16-15-7)8-5-3-4-6-9(8)12/h3-6H,1-2H3,(H,13,14,15). The topological polar surface area (TPSA) is 50.7 Å². The summed E-state index contributed by atoms with van der Waals surface area (Å²) in [5.41, 5.74) is 1.73. The predicted molar refractivity (Wildman–Crippen MR) is 67.2 cm³/mol. The molecule has 1 aromatic carbocycles. The molecule has 0 radical (unpaired) electrons. The molecule has 82 valence electrons. The zero-order valence-corrected chi connectivity index (χ0v) is 10.6. The van der Waals surface area contributed by atoms with Gasteiger partial charge >= 0.3 is 0 Å². The maximum Gasteiger partial charge on any atom is 0.156 e. The number of benzene rings is 1. The van der Waals surface area contributed by atoms with Crippen molar-refractivity contribution in [2.75, 3.05) is 12.4 Å². The van der Waals surface area contributed by atoms with Crippen LogP contribution in [-0.2, 0) is 0 Å². The van der Waals surface area contributed by atoms with Gasteiger partial charge in [-0.3, -0.25) is 0 Å². The molecule has 0 aliphatic heterocycles. The van der Waals surface area contributed by atoms with Gasteiger partial charge in [0.05, 0.1) is 0 Å². The van der Waals surface area contributed by atoms with Crippen molar-refractivity contribution in [2.45, 2.75) is 6.92 Å². The van der Waals surface area contributed by atoms with Crippen molar-refractivity contribution in [3.05, 3.63) is 34.6 Å². The Morgan fingerprint density at radius 1 is 1.19 bits per heavy atom. The van der Waals surface area contributed by atoms with E-state index in [9.17, 15) is 0 Å². The molecule has 2 aromatic rings. The van der Waals surface area contributed by atoms with Gasteiger partial charge in [0.15, 0.2) is 5.82 Å². The van der Waals surface area contributed by atoms with Gasteiger partial charge in [0.2, 0.25) is 0 Å². The smallest absolute Gasteiger partial charge is 0.156 e. The van der Waals surface area contributed by atoms with Crippen LogP contribution in [0.3, 0.4) is 0 Å². The van der Waals surface area contributed by atoms with Gasteiger partial charge in [-0.25, -0.2) is 4.98 Å². The molecule has 0 spiro atoms. The van der Waals surface area contributed by atoms with Crippen LogP contribution < -0.4 is 5.32 Å². The molecule has 16 heavy (non-hydrogen) atoms. The average molecular weight is 279 g/mol. The molecule has 1 heterocycles. The number of nitrogens with zero attached hydrogens (tertiary/aromatic N) is 3. The zero-order valence-electron chi connectivity index (χ0n) is 9.03. The molecule has 2 rings (SSSR count). The first-order valence-electron chi connectivity index (χ1n) is 4.86. The van der Waals surface area contributed by atoms with Crippen molar-refractivity contribution in [1.82, 2.24) is 15.2 Å². The Labute approximate surface area is 102 Å². The van der Waals surface area contributed by atoms with Crippen molar-refractivity contribution in [2.24, 2.45) is 0 Å². The summed E-state index contributed by atoms with van der Waals surface area (Å²) >= 11 is 3.49. The summed E-state index contributed by atoms with van der Waals surface area (Å²) in [6.45, 7) is 1.82. The van der Waals surface area contributed by atoms with E-state index in [1.807, 2.05) is 38.2 Å². The summed E-state index contributed by atoms with van der Waals surface area (Å²) in [5, 5.41) is 11.2. The first-order chi connectivity index (χ1) is 7.72. The fourth-order valence-electron chi connectivity index (χ4n) is 1.42. The quantitative estimate of drug-likeness (QED) is 0.918. The van der Waals surface area contributed by atoms with Crippen molar-refractivity contribution < 1.29 is 0 Å². The number of aromatic nitrogens is 3. The third-order valence-corrected chi connectivity index (χ3v) is 2.85. The van der Waals surface area contributed by atoms with Crippen molar-refractivity contribution in [3.63, 3.8) is 0 Å². The van der Waals surface area contributed by atoms with Crippen LogP contribution in [0.25, 0.3) is 11.3 Å². The lowest BCUT2D eigenvalue weighted by Crippen LogP contribution is -2.02. The molecule has 5 heteroatoms.